The summed E-state index contributed by atoms with van der Waals surface area (Å²) < 4.78 is 12.7. The highest BCUT2D eigenvalue weighted by atomic mass is 127. The van der Waals surface area contributed by atoms with Crippen molar-refractivity contribution >= 4 is 34.4 Å². The fourth-order valence-electron chi connectivity index (χ4n) is 7.77. The van der Waals surface area contributed by atoms with Crippen LogP contribution in [0.15, 0.2) is 23.8 Å². The van der Waals surface area contributed by atoms with Crippen molar-refractivity contribution in [1.82, 2.24) is 10.2 Å². The number of carbonyl (C=O) groups is 2. The molecule has 252 valence electrons. The van der Waals surface area contributed by atoms with Crippen molar-refractivity contribution in [2.24, 2.45) is 23.2 Å². The second-order valence-electron chi connectivity index (χ2n) is 13.7. The van der Waals surface area contributed by atoms with E-state index in [9.17, 15) is 24.9 Å². The molecule has 0 heterocycles. The highest BCUT2D eigenvalue weighted by molar-refractivity contribution is 14.1. The van der Waals surface area contributed by atoms with Gasteiger partial charge < -0.3 is 35.0 Å². The van der Waals surface area contributed by atoms with E-state index in [1.165, 1.54) is 13.5 Å². The van der Waals surface area contributed by atoms with Crippen LogP contribution in [-0.4, -0.2) is 77.1 Å². The molecule has 9 nitrogen and oxygen atoms in total. The van der Waals surface area contributed by atoms with E-state index in [1.807, 2.05) is 4.90 Å². The lowest BCUT2D eigenvalue weighted by atomic mass is 9.45. The number of fused-ring (bicyclic) bond motifs is 2. The SMILES string of the molecule is CCCCCCCC(=O)N(CC1CCC2CC1C2(C)C)C1CC(C(=O)NCCO)=CC(Oc2c(I)cc(CO)cc2OC)C1O. The number of aliphatic hydroxyl groups excluding tert-OH is 3. The highest BCUT2D eigenvalue weighted by Gasteiger charge is 2.55. The van der Waals surface area contributed by atoms with Gasteiger partial charge >= 0.3 is 0 Å². The molecule has 1 aromatic carbocycles. The molecule has 0 aliphatic heterocycles. The lowest BCUT2D eigenvalue weighted by molar-refractivity contribution is -0.148. The summed E-state index contributed by atoms with van der Waals surface area (Å²) in [6, 6.07) is 2.82. The molecule has 0 radical (unpaired) electrons. The third-order valence-electron chi connectivity index (χ3n) is 10.6. The summed E-state index contributed by atoms with van der Waals surface area (Å²) in [4.78, 5) is 29.3. The van der Waals surface area contributed by atoms with Crippen LogP contribution < -0.4 is 14.8 Å². The molecule has 2 amide bonds. The van der Waals surface area contributed by atoms with E-state index in [1.54, 1.807) is 18.2 Å². The minimum atomic E-state index is -1.09. The van der Waals surface area contributed by atoms with Crippen molar-refractivity contribution in [3.8, 4) is 11.5 Å². The van der Waals surface area contributed by atoms with Gasteiger partial charge in [0, 0.05) is 31.5 Å². The Morgan fingerprint density at radius 3 is 2.53 bits per heavy atom. The molecule has 4 aliphatic rings. The monoisotopic (exact) mass is 740 g/mol. The van der Waals surface area contributed by atoms with Gasteiger partial charge in [-0.25, -0.2) is 0 Å². The molecule has 2 bridgehead atoms. The zero-order chi connectivity index (χ0) is 32.7. The Morgan fingerprint density at radius 2 is 1.89 bits per heavy atom. The summed E-state index contributed by atoms with van der Waals surface area (Å²) in [7, 11) is 1.51. The van der Waals surface area contributed by atoms with Gasteiger partial charge in [0.25, 0.3) is 0 Å². The summed E-state index contributed by atoms with van der Waals surface area (Å²) in [6.45, 7) is 7.17. The standard InChI is InChI=1S/C35H53IN2O7/c1-5-6-7-8-9-10-31(41)38(20-23-11-12-25-19-26(23)35(25,2)3)28-17-24(34(43)37-13-14-39)18-29(32(28)42)45-33-27(36)15-22(21-40)16-30(33)44-4/h15-16,18,23,25-26,28-29,32,39-40,42H,5-14,17,19-21H2,1-4H3,(H,37,43). The molecule has 0 spiro atoms. The van der Waals surface area contributed by atoms with E-state index in [0.717, 1.165) is 50.9 Å². The first-order chi connectivity index (χ1) is 21.5. The average Bonchev–Trinajstić information content (AvgIpc) is 3.03. The number of carbonyl (C=O) groups excluding carboxylic acids is 2. The molecule has 4 aliphatic carbocycles. The van der Waals surface area contributed by atoms with E-state index < -0.39 is 18.2 Å². The van der Waals surface area contributed by atoms with E-state index in [-0.39, 0.29) is 43.4 Å². The van der Waals surface area contributed by atoms with Crippen molar-refractivity contribution in [3.05, 3.63) is 32.9 Å². The number of rotatable bonds is 16. The quantitative estimate of drug-likeness (QED) is 0.139. The van der Waals surface area contributed by atoms with E-state index in [0.29, 0.717) is 51.0 Å². The Kier molecular flexibility index (Phi) is 13.0. The average molecular weight is 741 g/mol. The summed E-state index contributed by atoms with van der Waals surface area (Å²) in [5.74, 6) is 2.08. The molecular formula is C35H53IN2O7. The predicted molar refractivity (Wildman–Crippen MR) is 182 cm³/mol. The third-order valence-corrected chi connectivity index (χ3v) is 11.4. The summed E-state index contributed by atoms with van der Waals surface area (Å²) in [6.07, 6.45) is 8.79. The summed E-state index contributed by atoms with van der Waals surface area (Å²) in [5.41, 5.74) is 1.32. The first-order valence-corrected chi connectivity index (χ1v) is 17.8. The van der Waals surface area contributed by atoms with E-state index in [2.05, 4.69) is 48.7 Å². The minimum absolute atomic E-state index is 0.0185. The topological polar surface area (TPSA) is 129 Å². The fraction of sp³-hybridized carbons (Fsp3) is 0.714. The number of halogens is 1. The van der Waals surface area contributed by atoms with Crippen LogP contribution in [0.2, 0.25) is 0 Å². The molecule has 3 saturated carbocycles. The maximum atomic E-state index is 14.1. The van der Waals surface area contributed by atoms with E-state index >= 15 is 0 Å². The number of amides is 2. The van der Waals surface area contributed by atoms with Crippen LogP contribution in [0.3, 0.4) is 0 Å². The molecule has 0 saturated heterocycles. The lowest BCUT2D eigenvalue weighted by Crippen LogP contribution is -2.59. The van der Waals surface area contributed by atoms with Crippen LogP contribution in [-0.2, 0) is 16.2 Å². The smallest absolute Gasteiger partial charge is 0.247 e. The Balaban J connectivity index is 1.66. The second kappa shape index (κ2) is 16.3. The maximum Gasteiger partial charge on any atom is 0.247 e. The lowest BCUT2D eigenvalue weighted by Gasteiger charge is -2.61. The molecule has 6 atom stereocenters. The zero-order valence-corrected chi connectivity index (χ0v) is 29.6. The fourth-order valence-corrected chi connectivity index (χ4v) is 8.57. The van der Waals surface area contributed by atoms with Crippen molar-refractivity contribution in [1.29, 1.82) is 0 Å². The number of unbranched alkanes of at least 4 members (excludes halogenated alkanes) is 4. The van der Waals surface area contributed by atoms with Crippen LogP contribution in [0.4, 0.5) is 0 Å². The molecule has 0 aromatic heterocycles. The number of benzene rings is 1. The van der Waals surface area contributed by atoms with E-state index in [4.69, 9.17) is 9.47 Å². The van der Waals surface area contributed by atoms with Gasteiger partial charge in [0.05, 0.1) is 29.9 Å². The summed E-state index contributed by atoms with van der Waals surface area (Å²) in [5, 5.41) is 33.8. The third kappa shape index (κ3) is 8.34. The van der Waals surface area contributed by atoms with Crippen molar-refractivity contribution in [3.63, 3.8) is 0 Å². The number of aliphatic hydroxyl groups is 3. The Hall–Kier alpha value is -1.89. The van der Waals surface area contributed by atoms with Crippen LogP contribution in [0, 0.1) is 26.7 Å². The number of hydrogen-bond donors (Lipinski definition) is 4. The maximum absolute atomic E-state index is 14.1. The van der Waals surface area contributed by atoms with Crippen LogP contribution in [0.1, 0.15) is 90.5 Å². The van der Waals surface area contributed by atoms with Crippen LogP contribution in [0.25, 0.3) is 0 Å². The van der Waals surface area contributed by atoms with Crippen LogP contribution in [0.5, 0.6) is 11.5 Å². The molecule has 1 aromatic rings. The molecular weight excluding hydrogens is 687 g/mol. The predicted octanol–water partition coefficient (Wildman–Crippen LogP) is 4.97. The van der Waals surface area contributed by atoms with Gasteiger partial charge in [-0.05, 0) is 95.2 Å². The molecule has 4 N–H and O–H groups in total. The number of methoxy groups -OCH3 is 1. The molecule has 10 heteroatoms. The molecule has 3 fully saturated rings. The van der Waals surface area contributed by atoms with Gasteiger partial charge in [-0.1, -0.05) is 46.5 Å². The van der Waals surface area contributed by atoms with Gasteiger partial charge in [-0.3, -0.25) is 9.59 Å². The van der Waals surface area contributed by atoms with Gasteiger partial charge in [0.1, 0.15) is 12.2 Å². The zero-order valence-electron chi connectivity index (χ0n) is 27.4. The Labute approximate surface area is 282 Å². The number of hydrogen-bond acceptors (Lipinski definition) is 7. The first kappa shape index (κ1) is 36.0. The Bertz CT molecular complexity index is 1200. The molecule has 45 heavy (non-hydrogen) atoms. The van der Waals surface area contributed by atoms with Crippen LogP contribution >= 0.6 is 22.6 Å². The largest absolute Gasteiger partial charge is 0.493 e. The summed E-state index contributed by atoms with van der Waals surface area (Å²) >= 11 is 2.11. The minimum Gasteiger partial charge on any atom is -0.493 e. The van der Waals surface area contributed by atoms with Crippen molar-refractivity contribution in [2.45, 2.75) is 110 Å². The molecule has 5 rings (SSSR count). The van der Waals surface area contributed by atoms with Gasteiger partial charge in [-0.2, -0.15) is 0 Å². The Morgan fingerprint density at radius 1 is 1.13 bits per heavy atom. The van der Waals surface area contributed by atoms with Crippen molar-refractivity contribution < 1.29 is 34.4 Å². The molecule has 6 unspecified atom stereocenters. The van der Waals surface area contributed by atoms with Gasteiger partial charge in [0.15, 0.2) is 11.5 Å². The highest BCUT2D eigenvalue weighted by Crippen LogP contribution is 2.61. The van der Waals surface area contributed by atoms with Gasteiger partial charge in [0.2, 0.25) is 11.8 Å². The second-order valence-corrected chi connectivity index (χ2v) is 14.9. The normalized spacial score (nSPS) is 26.8. The number of nitrogens with one attached hydrogen (secondary N) is 1. The first-order valence-electron chi connectivity index (χ1n) is 16.8. The van der Waals surface area contributed by atoms with Crippen molar-refractivity contribution in [2.75, 3.05) is 26.8 Å². The number of nitrogens with zero attached hydrogens (tertiary/aromatic N) is 1. The number of ether oxygens (including phenoxy) is 2. The van der Waals surface area contributed by atoms with Gasteiger partial charge in [-0.15, -0.1) is 0 Å².